The summed E-state index contributed by atoms with van der Waals surface area (Å²) < 4.78 is 0. The standard InChI is InChI=1S/C16H24N4O.ClH/c17-12-6-10-2-1-3-11(7-12)15(10)18-16(21)14-8-13(19-20-14)9-4-5-9;/h8-12,15H,1-7,17H2,(H,18,21)(H,19,20);1H. The molecular weight excluding hydrogens is 300 g/mol. The van der Waals surface area contributed by atoms with Gasteiger partial charge in [0.2, 0.25) is 0 Å². The summed E-state index contributed by atoms with van der Waals surface area (Å²) in [5.41, 5.74) is 7.81. The Balaban J connectivity index is 0.00000144. The van der Waals surface area contributed by atoms with Crippen molar-refractivity contribution in [3.63, 3.8) is 0 Å². The van der Waals surface area contributed by atoms with E-state index in [2.05, 4.69) is 15.5 Å². The van der Waals surface area contributed by atoms with Crippen LogP contribution < -0.4 is 11.1 Å². The van der Waals surface area contributed by atoms with Gasteiger partial charge in [-0.05, 0) is 56.4 Å². The number of carbonyl (C=O) groups excluding carboxylic acids is 1. The smallest absolute Gasteiger partial charge is 0.272 e. The Morgan fingerprint density at radius 3 is 2.55 bits per heavy atom. The molecule has 3 aliphatic rings. The first-order valence-electron chi connectivity index (χ1n) is 8.32. The summed E-state index contributed by atoms with van der Waals surface area (Å²) in [5, 5.41) is 10.5. The van der Waals surface area contributed by atoms with Crippen molar-refractivity contribution in [2.24, 2.45) is 17.6 Å². The molecule has 6 heteroatoms. The Kier molecular flexibility index (Phi) is 4.46. The Bertz CT molecular complexity index is 528. The third kappa shape index (κ3) is 3.01. The van der Waals surface area contributed by atoms with Crippen LogP contribution in [0.15, 0.2) is 6.07 Å². The van der Waals surface area contributed by atoms with Gasteiger partial charge in [-0.3, -0.25) is 9.89 Å². The molecule has 1 aromatic rings. The lowest BCUT2D eigenvalue weighted by Crippen LogP contribution is -2.53. The number of H-pyrrole nitrogens is 1. The molecule has 0 saturated heterocycles. The lowest BCUT2D eigenvalue weighted by atomic mass is 9.67. The van der Waals surface area contributed by atoms with Crippen LogP contribution >= 0.6 is 12.4 Å². The first-order valence-corrected chi connectivity index (χ1v) is 8.32. The van der Waals surface area contributed by atoms with Gasteiger partial charge in [0.25, 0.3) is 5.91 Å². The first kappa shape index (κ1) is 15.8. The first-order chi connectivity index (χ1) is 10.2. The van der Waals surface area contributed by atoms with Crippen LogP contribution in [0.25, 0.3) is 0 Å². The molecule has 0 radical (unpaired) electrons. The molecule has 3 aliphatic carbocycles. The molecule has 1 amide bonds. The number of nitrogens with one attached hydrogen (secondary N) is 2. The Labute approximate surface area is 137 Å². The van der Waals surface area contributed by atoms with E-state index in [0.717, 1.165) is 18.5 Å². The van der Waals surface area contributed by atoms with Crippen molar-refractivity contribution in [3.8, 4) is 0 Å². The van der Waals surface area contributed by atoms with Crippen LogP contribution in [0.3, 0.4) is 0 Å². The summed E-state index contributed by atoms with van der Waals surface area (Å²) in [6, 6.07) is 2.55. The summed E-state index contributed by atoms with van der Waals surface area (Å²) in [7, 11) is 0. The Hall–Kier alpha value is -1.07. The predicted molar refractivity (Wildman–Crippen MR) is 87.1 cm³/mol. The number of nitrogens with two attached hydrogens (primary N) is 1. The van der Waals surface area contributed by atoms with Gasteiger partial charge < -0.3 is 11.1 Å². The van der Waals surface area contributed by atoms with E-state index in [-0.39, 0.29) is 18.3 Å². The highest BCUT2D eigenvalue weighted by atomic mass is 35.5. The maximum Gasteiger partial charge on any atom is 0.272 e. The number of aromatic nitrogens is 2. The molecule has 122 valence electrons. The lowest BCUT2D eigenvalue weighted by Gasteiger charge is -2.45. The molecule has 5 nitrogen and oxygen atoms in total. The average Bonchev–Trinajstić information content (AvgIpc) is 3.17. The van der Waals surface area contributed by atoms with Crippen molar-refractivity contribution in [2.45, 2.75) is 62.9 Å². The third-order valence-corrected chi connectivity index (χ3v) is 5.52. The molecule has 3 fully saturated rings. The molecule has 1 heterocycles. The number of hydrogen-bond donors (Lipinski definition) is 3. The molecule has 3 saturated carbocycles. The number of carbonyl (C=O) groups is 1. The summed E-state index contributed by atoms with van der Waals surface area (Å²) in [5.74, 6) is 1.69. The molecule has 0 spiro atoms. The second-order valence-corrected chi connectivity index (χ2v) is 7.16. The average molecular weight is 325 g/mol. The second-order valence-electron chi connectivity index (χ2n) is 7.16. The zero-order valence-corrected chi connectivity index (χ0v) is 13.6. The number of fused-ring (bicyclic) bond motifs is 2. The van der Waals surface area contributed by atoms with Gasteiger partial charge in [0.1, 0.15) is 5.69 Å². The summed E-state index contributed by atoms with van der Waals surface area (Å²) in [4.78, 5) is 12.5. The molecule has 1 aromatic heterocycles. The molecular formula is C16H25ClN4O. The second kappa shape index (κ2) is 6.20. The van der Waals surface area contributed by atoms with E-state index in [0.29, 0.717) is 35.5 Å². The fraction of sp³-hybridized carbons (Fsp3) is 0.750. The van der Waals surface area contributed by atoms with Crippen LogP contribution in [0.5, 0.6) is 0 Å². The highest BCUT2D eigenvalue weighted by Gasteiger charge is 2.40. The summed E-state index contributed by atoms with van der Waals surface area (Å²) >= 11 is 0. The van der Waals surface area contributed by atoms with Gasteiger partial charge in [-0.15, -0.1) is 12.4 Å². The van der Waals surface area contributed by atoms with Gasteiger partial charge >= 0.3 is 0 Å². The molecule has 0 aliphatic heterocycles. The SMILES string of the molecule is Cl.NC1CC2CCCC(C1)C2NC(=O)c1cc(C2CC2)[nH]n1. The molecule has 2 unspecified atom stereocenters. The molecule has 0 aromatic carbocycles. The minimum absolute atomic E-state index is 0. The third-order valence-electron chi connectivity index (χ3n) is 5.52. The van der Waals surface area contributed by atoms with E-state index in [9.17, 15) is 4.79 Å². The van der Waals surface area contributed by atoms with E-state index in [1.165, 1.54) is 32.1 Å². The van der Waals surface area contributed by atoms with Crippen LogP contribution in [0.2, 0.25) is 0 Å². The largest absolute Gasteiger partial charge is 0.347 e. The molecule has 4 N–H and O–H groups in total. The molecule has 4 rings (SSSR count). The van der Waals surface area contributed by atoms with Crippen LogP contribution in [0, 0.1) is 11.8 Å². The normalized spacial score (nSPS) is 33.9. The van der Waals surface area contributed by atoms with Gasteiger partial charge in [-0.25, -0.2) is 0 Å². The number of nitrogens with zero attached hydrogens (tertiary/aromatic N) is 1. The molecule has 2 atom stereocenters. The maximum absolute atomic E-state index is 12.5. The van der Waals surface area contributed by atoms with Gasteiger partial charge in [-0.1, -0.05) is 6.42 Å². The van der Waals surface area contributed by atoms with Crippen molar-refractivity contribution in [1.29, 1.82) is 0 Å². The molecule has 2 bridgehead atoms. The van der Waals surface area contributed by atoms with Crippen molar-refractivity contribution in [1.82, 2.24) is 15.5 Å². The zero-order valence-electron chi connectivity index (χ0n) is 12.8. The summed E-state index contributed by atoms with van der Waals surface area (Å²) in [6.45, 7) is 0. The van der Waals surface area contributed by atoms with Gasteiger partial charge in [-0.2, -0.15) is 5.10 Å². The maximum atomic E-state index is 12.5. The number of aromatic amines is 1. The predicted octanol–water partition coefficient (Wildman–Crippen LogP) is 2.34. The van der Waals surface area contributed by atoms with Crippen molar-refractivity contribution in [3.05, 3.63) is 17.5 Å². The van der Waals surface area contributed by atoms with E-state index in [1.54, 1.807) is 0 Å². The fourth-order valence-electron chi connectivity index (χ4n) is 4.31. The van der Waals surface area contributed by atoms with E-state index in [4.69, 9.17) is 5.73 Å². The monoisotopic (exact) mass is 324 g/mol. The highest BCUT2D eigenvalue weighted by Crippen LogP contribution is 2.40. The number of rotatable bonds is 3. The highest BCUT2D eigenvalue weighted by molar-refractivity contribution is 5.92. The fourth-order valence-corrected chi connectivity index (χ4v) is 4.31. The quantitative estimate of drug-likeness (QED) is 0.798. The van der Waals surface area contributed by atoms with Crippen LogP contribution in [0.4, 0.5) is 0 Å². The van der Waals surface area contributed by atoms with E-state index >= 15 is 0 Å². The number of halogens is 1. The van der Waals surface area contributed by atoms with Gasteiger partial charge in [0.05, 0.1) is 0 Å². The van der Waals surface area contributed by atoms with Crippen LogP contribution in [-0.2, 0) is 0 Å². The van der Waals surface area contributed by atoms with Crippen LogP contribution in [0.1, 0.15) is 67.0 Å². The minimum Gasteiger partial charge on any atom is -0.347 e. The van der Waals surface area contributed by atoms with E-state index < -0.39 is 0 Å². The van der Waals surface area contributed by atoms with E-state index in [1.807, 2.05) is 6.07 Å². The Morgan fingerprint density at radius 1 is 1.23 bits per heavy atom. The van der Waals surface area contributed by atoms with Gasteiger partial charge in [0, 0.05) is 23.7 Å². The number of amides is 1. The Morgan fingerprint density at radius 2 is 1.91 bits per heavy atom. The lowest BCUT2D eigenvalue weighted by molar-refractivity contribution is 0.0751. The summed E-state index contributed by atoms with van der Waals surface area (Å²) in [6.07, 6.45) is 8.21. The van der Waals surface area contributed by atoms with Crippen molar-refractivity contribution in [2.75, 3.05) is 0 Å². The topological polar surface area (TPSA) is 83.8 Å². The van der Waals surface area contributed by atoms with Crippen LogP contribution in [-0.4, -0.2) is 28.2 Å². The van der Waals surface area contributed by atoms with Crippen molar-refractivity contribution >= 4 is 18.3 Å². The number of hydrogen-bond acceptors (Lipinski definition) is 3. The zero-order chi connectivity index (χ0) is 14.4. The van der Waals surface area contributed by atoms with Crippen molar-refractivity contribution < 1.29 is 4.79 Å². The minimum atomic E-state index is -0.0180. The van der Waals surface area contributed by atoms with Gasteiger partial charge in [0.15, 0.2) is 0 Å². The molecule has 22 heavy (non-hydrogen) atoms.